The molecule has 3 rings (SSSR count). The van der Waals surface area contributed by atoms with Crippen molar-refractivity contribution in [2.24, 2.45) is 5.92 Å². The molecular formula is C24H28N4O5. The van der Waals surface area contributed by atoms with Crippen LogP contribution in [0, 0.1) is 5.92 Å². The number of para-hydroxylation sites is 1. The van der Waals surface area contributed by atoms with Crippen molar-refractivity contribution < 1.29 is 23.9 Å². The molecule has 9 nitrogen and oxygen atoms in total. The first-order chi connectivity index (χ1) is 15.9. The molecular weight excluding hydrogens is 424 g/mol. The van der Waals surface area contributed by atoms with Gasteiger partial charge in [0.25, 0.3) is 5.91 Å². The van der Waals surface area contributed by atoms with Crippen molar-refractivity contribution in [3.05, 3.63) is 54.6 Å². The molecule has 4 amide bonds. The molecule has 0 unspecified atom stereocenters. The fourth-order valence-corrected chi connectivity index (χ4v) is 3.52. The van der Waals surface area contributed by atoms with Crippen LogP contribution < -0.4 is 20.7 Å². The number of rotatable bonds is 7. The Hall–Kier alpha value is -3.88. The molecule has 0 atom stereocenters. The Morgan fingerprint density at radius 2 is 1.58 bits per heavy atom. The van der Waals surface area contributed by atoms with E-state index in [4.69, 9.17) is 4.74 Å². The van der Waals surface area contributed by atoms with Crippen molar-refractivity contribution in [3.8, 4) is 5.75 Å². The van der Waals surface area contributed by atoms with Crippen LogP contribution in [-0.4, -0.2) is 54.8 Å². The highest BCUT2D eigenvalue weighted by atomic mass is 16.5. The maximum Gasteiger partial charge on any atom is 0.313 e. The number of hydrogen-bond acceptors (Lipinski definition) is 5. The van der Waals surface area contributed by atoms with Gasteiger partial charge in [-0.2, -0.15) is 0 Å². The average molecular weight is 453 g/mol. The molecule has 0 spiro atoms. The monoisotopic (exact) mass is 452 g/mol. The number of amides is 4. The fraction of sp³-hybridized carbons (Fsp3) is 0.333. The zero-order chi connectivity index (χ0) is 23.6. The van der Waals surface area contributed by atoms with Crippen molar-refractivity contribution in [2.45, 2.75) is 19.8 Å². The highest BCUT2D eigenvalue weighted by Gasteiger charge is 2.24. The van der Waals surface area contributed by atoms with Crippen molar-refractivity contribution in [1.82, 2.24) is 10.2 Å². The summed E-state index contributed by atoms with van der Waals surface area (Å²) < 4.78 is 5.51. The minimum atomic E-state index is -0.777. The molecule has 2 aromatic rings. The molecule has 3 N–H and O–H groups in total. The van der Waals surface area contributed by atoms with E-state index in [0.717, 1.165) is 12.8 Å². The zero-order valence-corrected chi connectivity index (χ0v) is 18.5. The van der Waals surface area contributed by atoms with Crippen molar-refractivity contribution in [1.29, 1.82) is 0 Å². The summed E-state index contributed by atoms with van der Waals surface area (Å²) in [6.07, 6.45) is 1.47. The average Bonchev–Trinajstić information content (AvgIpc) is 2.81. The third-order valence-electron chi connectivity index (χ3n) is 5.27. The van der Waals surface area contributed by atoms with Crippen LogP contribution in [0.1, 0.15) is 19.8 Å². The number of nitrogens with one attached hydrogen (secondary N) is 3. The Bertz CT molecular complexity index is 987. The number of piperidine rings is 1. The normalized spacial score (nSPS) is 13.7. The highest BCUT2D eigenvalue weighted by Crippen LogP contribution is 2.18. The molecule has 1 saturated heterocycles. The molecule has 0 aliphatic carbocycles. The van der Waals surface area contributed by atoms with Gasteiger partial charge in [-0.25, -0.2) is 0 Å². The van der Waals surface area contributed by atoms with Gasteiger partial charge in [-0.05, 0) is 49.1 Å². The van der Waals surface area contributed by atoms with E-state index in [1.54, 1.807) is 41.3 Å². The number of carbonyl (C=O) groups is 4. The lowest BCUT2D eigenvalue weighted by atomic mass is 9.96. The van der Waals surface area contributed by atoms with Crippen LogP contribution in [0.4, 0.5) is 11.4 Å². The largest absolute Gasteiger partial charge is 0.484 e. The lowest BCUT2D eigenvalue weighted by Crippen LogP contribution is -2.44. The summed E-state index contributed by atoms with van der Waals surface area (Å²) in [5, 5.41) is 7.80. The Morgan fingerprint density at radius 3 is 2.24 bits per heavy atom. The number of anilines is 2. The molecule has 33 heavy (non-hydrogen) atoms. The summed E-state index contributed by atoms with van der Waals surface area (Å²) in [6.45, 7) is 2.91. The molecule has 1 fully saturated rings. The number of benzene rings is 2. The first-order valence-corrected chi connectivity index (χ1v) is 10.8. The van der Waals surface area contributed by atoms with Crippen molar-refractivity contribution >= 4 is 35.0 Å². The van der Waals surface area contributed by atoms with Gasteiger partial charge in [0.05, 0.1) is 0 Å². The first-order valence-electron chi connectivity index (χ1n) is 10.8. The van der Waals surface area contributed by atoms with Crippen LogP contribution in [-0.2, 0) is 19.2 Å². The van der Waals surface area contributed by atoms with Crippen LogP contribution in [0.2, 0.25) is 0 Å². The predicted molar refractivity (Wildman–Crippen MR) is 124 cm³/mol. The summed E-state index contributed by atoms with van der Waals surface area (Å²) in [5.74, 6) is -0.960. The van der Waals surface area contributed by atoms with E-state index < -0.39 is 11.8 Å². The standard InChI is InChI=1S/C24H28N4O5/c1-17(29)26-19-6-5-7-20(14-19)27-24(32)23(31)25-15-18-10-12-28(13-11-18)22(30)16-33-21-8-3-2-4-9-21/h2-9,14,18H,10-13,15-16H2,1H3,(H,25,31)(H,26,29)(H,27,32). The number of ether oxygens (including phenoxy) is 1. The molecule has 1 aliphatic rings. The number of carbonyl (C=O) groups excluding carboxylic acids is 4. The molecule has 1 heterocycles. The molecule has 2 aromatic carbocycles. The molecule has 0 saturated carbocycles. The maximum absolute atomic E-state index is 12.3. The third-order valence-corrected chi connectivity index (χ3v) is 5.27. The third kappa shape index (κ3) is 7.64. The highest BCUT2D eigenvalue weighted by molar-refractivity contribution is 6.39. The zero-order valence-electron chi connectivity index (χ0n) is 18.5. The Labute approximate surface area is 192 Å². The van der Waals surface area contributed by atoms with Crippen LogP contribution in [0.25, 0.3) is 0 Å². The van der Waals surface area contributed by atoms with Crippen molar-refractivity contribution in [3.63, 3.8) is 0 Å². The minimum Gasteiger partial charge on any atom is -0.484 e. The van der Waals surface area contributed by atoms with Crippen LogP contribution in [0.5, 0.6) is 5.75 Å². The molecule has 0 aromatic heterocycles. The van der Waals surface area contributed by atoms with Gasteiger partial charge in [-0.15, -0.1) is 0 Å². The van der Waals surface area contributed by atoms with Gasteiger partial charge >= 0.3 is 11.8 Å². The van der Waals surface area contributed by atoms with Gasteiger partial charge in [0.2, 0.25) is 5.91 Å². The van der Waals surface area contributed by atoms with Gasteiger partial charge in [0, 0.05) is 37.9 Å². The Morgan fingerprint density at radius 1 is 0.909 bits per heavy atom. The number of likely N-dealkylation sites (tertiary alicyclic amines) is 1. The lowest BCUT2D eigenvalue weighted by Gasteiger charge is -2.32. The van der Waals surface area contributed by atoms with E-state index in [1.165, 1.54) is 6.92 Å². The van der Waals surface area contributed by atoms with Gasteiger partial charge in [0.15, 0.2) is 6.61 Å². The first kappa shape index (κ1) is 23.8. The minimum absolute atomic E-state index is 0.00523. The number of hydrogen-bond donors (Lipinski definition) is 3. The second-order valence-electron chi connectivity index (χ2n) is 7.85. The maximum atomic E-state index is 12.3. The predicted octanol–water partition coefficient (Wildman–Crippen LogP) is 2.02. The van der Waals surface area contributed by atoms with Gasteiger partial charge in [-0.3, -0.25) is 19.2 Å². The van der Waals surface area contributed by atoms with E-state index in [0.29, 0.717) is 36.8 Å². The molecule has 174 valence electrons. The summed E-state index contributed by atoms with van der Waals surface area (Å²) in [5.41, 5.74) is 0.933. The summed E-state index contributed by atoms with van der Waals surface area (Å²) in [6, 6.07) is 15.7. The van der Waals surface area contributed by atoms with Gasteiger partial charge in [-0.1, -0.05) is 24.3 Å². The second kappa shape index (κ2) is 11.7. The molecule has 9 heteroatoms. The lowest BCUT2D eigenvalue weighted by molar-refractivity contribution is -0.136. The van der Waals surface area contributed by atoms with E-state index in [9.17, 15) is 19.2 Å². The quantitative estimate of drug-likeness (QED) is 0.556. The van der Waals surface area contributed by atoms with E-state index in [1.807, 2.05) is 18.2 Å². The second-order valence-corrected chi connectivity index (χ2v) is 7.85. The summed E-state index contributed by atoms with van der Waals surface area (Å²) in [4.78, 5) is 49.6. The van der Waals surface area contributed by atoms with E-state index in [-0.39, 0.29) is 24.3 Å². The van der Waals surface area contributed by atoms with Gasteiger partial charge in [0.1, 0.15) is 5.75 Å². The van der Waals surface area contributed by atoms with Crippen LogP contribution >= 0.6 is 0 Å². The van der Waals surface area contributed by atoms with E-state index >= 15 is 0 Å². The van der Waals surface area contributed by atoms with Crippen LogP contribution in [0.3, 0.4) is 0 Å². The Kier molecular flexibility index (Phi) is 8.40. The Balaban J connectivity index is 1.37. The van der Waals surface area contributed by atoms with Gasteiger partial charge < -0.3 is 25.6 Å². The van der Waals surface area contributed by atoms with E-state index in [2.05, 4.69) is 16.0 Å². The topological polar surface area (TPSA) is 117 Å². The van der Waals surface area contributed by atoms with Crippen LogP contribution in [0.15, 0.2) is 54.6 Å². The smallest absolute Gasteiger partial charge is 0.313 e. The van der Waals surface area contributed by atoms with Crippen molar-refractivity contribution in [2.75, 3.05) is 36.9 Å². The fourth-order valence-electron chi connectivity index (χ4n) is 3.52. The summed E-state index contributed by atoms with van der Waals surface area (Å²) >= 11 is 0. The molecule has 1 aliphatic heterocycles. The molecule has 0 radical (unpaired) electrons. The number of nitrogens with zero attached hydrogens (tertiary/aromatic N) is 1. The SMILES string of the molecule is CC(=O)Nc1cccc(NC(=O)C(=O)NCC2CCN(C(=O)COc3ccccc3)CC2)c1. The summed E-state index contributed by atoms with van der Waals surface area (Å²) in [7, 11) is 0. The molecule has 0 bridgehead atoms.